The molecule has 0 spiro atoms. The number of aliphatic carboxylic acids is 1. The lowest BCUT2D eigenvalue weighted by atomic mass is 10.1. The molecule has 8 heteroatoms. The average Bonchev–Trinajstić information content (AvgIpc) is 2.66. The number of ether oxygens (including phenoxy) is 1. The molecule has 0 aliphatic heterocycles. The van der Waals surface area contributed by atoms with Crippen molar-refractivity contribution in [3.05, 3.63) is 59.9 Å². The number of halogens is 1. The predicted molar refractivity (Wildman–Crippen MR) is 101 cm³/mol. The molecule has 0 saturated carbocycles. The molecule has 0 aliphatic carbocycles. The van der Waals surface area contributed by atoms with Crippen LogP contribution in [0.2, 0.25) is 0 Å². The second-order valence-electron chi connectivity index (χ2n) is 6.23. The van der Waals surface area contributed by atoms with Gasteiger partial charge in [0.2, 0.25) is 0 Å². The van der Waals surface area contributed by atoms with Gasteiger partial charge in [0, 0.05) is 13.0 Å². The fourth-order valence-corrected chi connectivity index (χ4v) is 2.40. The zero-order valence-electron chi connectivity index (χ0n) is 15.3. The van der Waals surface area contributed by atoms with E-state index >= 15 is 0 Å². The summed E-state index contributed by atoms with van der Waals surface area (Å²) in [6, 6.07) is 12.1. The lowest BCUT2D eigenvalue weighted by molar-refractivity contribution is -0.137. The number of anilines is 1. The summed E-state index contributed by atoms with van der Waals surface area (Å²) >= 11 is 0. The molecular formula is C20H21FN2O5. The van der Waals surface area contributed by atoms with Crippen LogP contribution in [0.4, 0.5) is 10.1 Å². The number of hydrogen-bond acceptors (Lipinski definition) is 4. The number of para-hydroxylation sites is 2. The standard InChI is InChI=1S/C20H21FN2O5/c1-13(10-19(25)26)11-22-20(27)14-6-2-5-9-17(14)28-12-18(24)23-16-8-4-3-7-15(16)21/h2-9,13H,10-12H2,1H3,(H,22,27)(H,23,24)(H,25,26). The highest BCUT2D eigenvalue weighted by atomic mass is 19.1. The summed E-state index contributed by atoms with van der Waals surface area (Å²) in [7, 11) is 0. The molecule has 2 aromatic carbocycles. The minimum absolute atomic E-state index is 0.0366. The fourth-order valence-electron chi connectivity index (χ4n) is 2.40. The molecule has 2 rings (SSSR count). The number of rotatable bonds is 9. The van der Waals surface area contributed by atoms with E-state index in [0.29, 0.717) is 0 Å². The molecule has 0 heterocycles. The van der Waals surface area contributed by atoms with Crippen molar-refractivity contribution in [2.45, 2.75) is 13.3 Å². The number of hydrogen-bond donors (Lipinski definition) is 3. The van der Waals surface area contributed by atoms with Gasteiger partial charge >= 0.3 is 5.97 Å². The predicted octanol–water partition coefficient (Wildman–Crippen LogP) is 2.68. The quantitative estimate of drug-likeness (QED) is 0.613. The topological polar surface area (TPSA) is 105 Å². The number of carboxylic acid groups (broad SMARTS) is 1. The Morgan fingerprint density at radius 3 is 2.50 bits per heavy atom. The molecule has 7 nitrogen and oxygen atoms in total. The van der Waals surface area contributed by atoms with Gasteiger partial charge in [-0.05, 0) is 30.2 Å². The highest BCUT2D eigenvalue weighted by Crippen LogP contribution is 2.18. The minimum atomic E-state index is -0.939. The molecule has 1 atom stereocenters. The van der Waals surface area contributed by atoms with Gasteiger partial charge in [0.25, 0.3) is 11.8 Å². The molecular weight excluding hydrogens is 367 g/mol. The molecule has 0 bridgehead atoms. The van der Waals surface area contributed by atoms with Crippen molar-refractivity contribution in [3.8, 4) is 5.75 Å². The molecule has 2 amide bonds. The summed E-state index contributed by atoms with van der Waals surface area (Å²) in [6.07, 6.45) is -0.0609. The summed E-state index contributed by atoms with van der Waals surface area (Å²) in [4.78, 5) is 35.0. The van der Waals surface area contributed by atoms with Crippen LogP contribution >= 0.6 is 0 Å². The summed E-state index contributed by atoms with van der Waals surface area (Å²) in [5.41, 5.74) is 0.248. The van der Waals surface area contributed by atoms with Crippen LogP contribution in [-0.4, -0.2) is 36.0 Å². The molecule has 0 fully saturated rings. The third-order valence-electron chi connectivity index (χ3n) is 3.77. The highest BCUT2D eigenvalue weighted by molar-refractivity contribution is 5.97. The van der Waals surface area contributed by atoms with Crippen molar-refractivity contribution < 1.29 is 28.6 Å². The van der Waals surface area contributed by atoms with Crippen LogP contribution in [0.15, 0.2) is 48.5 Å². The maximum atomic E-state index is 13.6. The maximum absolute atomic E-state index is 13.6. The van der Waals surface area contributed by atoms with Crippen molar-refractivity contribution in [1.82, 2.24) is 5.32 Å². The Morgan fingerprint density at radius 1 is 1.11 bits per heavy atom. The number of benzene rings is 2. The maximum Gasteiger partial charge on any atom is 0.303 e. The van der Waals surface area contributed by atoms with E-state index in [2.05, 4.69) is 10.6 Å². The fraction of sp³-hybridized carbons (Fsp3) is 0.250. The van der Waals surface area contributed by atoms with Crippen molar-refractivity contribution in [2.24, 2.45) is 5.92 Å². The Morgan fingerprint density at radius 2 is 1.79 bits per heavy atom. The summed E-state index contributed by atoms with van der Waals surface area (Å²) in [5, 5.41) is 13.8. The van der Waals surface area contributed by atoms with Gasteiger partial charge in [-0.2, -0.15) is 0 Å². The van der Waals surface area contributed by atoms with Crippen LogP contribution < -0.4 is 15.4 Å². The van der Waals surface area contributed by atoms with Crippen molar-refractivity contribution in [1.29, 1.82) is 0 Å². The zero-order valence-corrected chi connectivity index (χ0v) is 15.3. The van der Waals surface area contributed by atoms with Gasteiger partial charge in [0.05, 0.1) is 11.3 Å². The molecule has 0 aliphatic rings. The zero-order chi connectivity index (χ0) is 20.5. The van der Waals surface area contributed by atoms with E-state index in [4.69, 9.17) is 9.84 Å². The van der Waals surface area contributed by atoms with Crippen LogP contribution in [0.1, 0.15) is 23.7 Å². The van der Waals surface area contributed by atoms with Gasteiger partial charge in [-0.3, -0.25) is 14.4 Å². The van der Waals surface area contributed by atoms with Crippen LogP contribution in [0.25, 0.3) is 0 Å². The lowest BCUT2D eigenvalue weighted by Gasteiger charge is -2.14. The van der Waals surface area contributed by atoms with Crippen LogP contribution in [0, 0.1) is 11.7 Å². The Balaban J connectivity index is 1.94. The lowest BCUT2D eigenvalue weighted by Crippen LogP contribution is -2.30. The SMILES string of the molecule is CC(CNC(=O)c1ccccc1OCC(=O)Nc1ccccc1F)CC(=O)O. The molecule has 0 radical (unpaired) electrons. The monoisotopic (exact) mass is 388 g/mol. The first-order chi connectivity index (χ1) is 13.4. The Kier molecular flexibility index (Phi) is 7.50. The van der Waals surface area contributed by atoms with Crippen molar-refractivity contribution in [3.63, 3.8) is 0 Å². The Hall–Kier alpha value is -3.42. The minimum Gasteiger partial charge on any atom is -0.483 e. The van der Waals surface area contributed by atoms with Crippen LogP contribution in [0.3, 0.4) is 0 Å². The smallest absolute Gasteiger partial charge is 0.303 e. The molecule has 28 heavy (non-hydrogen) atoms. The Bertz CT molecular complexity index is 856. The third kappa shape index (κ3) is 6.39. The highest BCUT2D eigenvalue weighted by Gasteiger charge is 2.15. The summed E-state index contributed by atoms with van der Waals surface area (Å²) < 4.78 is 19.0. The van der Waals surface area contributed by atoms with Gasteiger partial charge in [-0.25, -0.2) is 4.39 Å². The Labute approximate surface area is 161 Å². The van der Waals surface area contributed by atoms with Gasteiger partial charge in [-0.15, -0.1) is 0 Å². The van der Waals surface area contributed by atoms with Crippen molar-refractivity contribution in [2.75, 3.05) is 18.5 Å². The van der Waals surface area contributed by atoms with E-state index in [1.165, 1.54) is 30.3 Å². The number of nitrogens with one attached hydrogen (secondary N) is 2. The molecule has 1 unspecified atom stereocenters. The van der Waals surface area contributed by atoms with E-state index in [9.17, 15) is 18.8 Å². The van der Waals surface area contributed by atoms with Gasteiger partial charge in [0.15, 0.2) is 6.61 Å². The number of carboxylic acids is 1. The van der Waals surface area contributed by atoms with Crippen LogP contribution in [-0.2, 0) is 9.59 Å². The van der Waals surface area contributed by atoms with E-state index in [0.717, 1.165) is 0 Å². The molecule has 0 saturated heterocycles. The molecule has 3 N–H and O–H groups in total. The largest absolute Gasteiger partial charge is 0.483 e. The van der Waals surface area contributed by atoms with E-state index < -0.39 is 30.2 Å². The third-order valence-corrected chi connectivity index (χ3v) is 3.77. The second-order valence-corrected chi connectivity index (χ2v) is 6.23. The van der Waals surface area contributed by atoms with E-state index in [-0.39, 0.29) is 35.9 Å². The molecule has 2 aromatic rings. The van der Waals surface area contributed by atoms with E-state index in [1.54, 1.807) is 25.1 Å². The van der Waals surface area contributed by atoms with Crippen LogP contribution in [0.5, 0.6) is 5.75 Å². The average molecular weight is 388 g/mol. The number of carbonyl (C=O) groups is 3. The van der Waals surface area contributed by atoms with Gasteiger partial charge in [-0.1, -0.05) is 31.2 Å². The first kappa shape index (κ1) is 20.9. The first-order valence-corrected chi connectivity index (χ1v) is 8.63. The number of carbonyl (C=O) groups excluding carboxylic acids is 2. The normalized spacial score (nSPS) is 11.4. The molecule has 0 aromatic heterocycles. The number of amides is 2. The molecule has 148 valence electrons. The van der Waals surface area contributed by atoms with Gasteiger partial charge in [0.1, 0.15) is 11.6 Å². The van der Waals surface area contributed by atoms with Gasteiger partial charge < -0.3 is 20.5 Å². The van der Waals surface area contributed by atoms with Crippen molar-refractivity contribution >= 4 is 23.5 Å². The van der Waals surface area contributed by atoms with E-state index in [1.807, 2.05) is 0 Å². The summed E-state index contributed by atoms with van der Waals surface area (Å²) in [6.45, 7) is 1.49. The first-order valence-electron chi connectivity index (χ1n) is 8.63. The second kappa shape index (κ2) is 10.1. The summed E-state index contributed by atoms with van der Waals surface area (Å²) in [5.74, 6) is -2.56.